The molecule has 0 rings (SSSR count). The summed E-state index contributed by atoms with van der Waals surface area (Å²) in [6.07, 6.45) is 14.9. The average molecular weight is 280 g/mol. The fourth-order valence-electron chi connectivity index (χ4n) is 1.25. The van der Waals surface area contributed by atoms with E-state index in [-0.39, 0.29) is 5.92 Å². The molecule has 0 bridgehead atoms. The number of aliphatic carboxylic acids is 1. The van der Waals surface area contributed by atoms with E-state index in [1.807, 2.05) is 30.8 Å². The Morgan fingerprint density at radius 3 is 2.74 bits per heavy atom. The van der Waals surface area contributed by atoms with E-state index in [0.29, 0.717) is 6.42 Å². The molecule has 0 aliphatic carbocycles. The standard InChI is InChI=1S/C16H24O2S/c1-3-4-5-7-10-13-19-14-11-8-6-9-12-15(2)16(17)18/h3-4,6-7,10-11,15H,5,9,12-14H2,1-2H3,(H,17,18)/b4-3-,10-7-. The minimum absolute atomic E-state index is 0.269. The van der Waals surface area contributed by atoms with Crippen LogP contribution in [0.15, 0.2) is 42.2 Å². The normalized spacial score (nSPS) is 12.5. The zero-order valence-electron chi connectivity index (χ0n) is 11.8. The van der Waals surface area contributed by atoms with E-state index in [1.54, 1.807) is 6.92 Å². The van der Waals surface area contributed by atoms with Gasteiger partial charge in [-0.3, -0.25) is 4.79 Å². The first-order valence-electron chi connectivity index (χ1n) is 6.64. The first-order chi connectivity index (χ1) is 9.18. The second-order valence-electron chi connectivity index (χ2n) is 4.21. The van der Waals surface area contributed by atoms with E-state index in [2.05, 4.69) is 30.0 Å². The number of allylic oxidation sites excluding steroid dienone is 3. The van der Waals surface area contributed by atoms with Crippen LogP contribution in [-0.4, -0.2) is 22.6 Å². The van der Waals surface area contributed by atoms with Crippen molar-refractivity contribution in [1.29, 1.82) is 0 Å². The first-order valence-corrected chi connectivity index (χ1v) is 7.80. The second-order valence-corrected chi connectivity index (χ2v) is 5.28. The molecule has 0 saturated carbocycles. The fraction of sp³-hybridized carbons (Fsp3) is 0.500. The van der Waals surface area contributed by atoms with Crippen molar-refractivity contribution in [2.45, 2.75) is 33.1 Å². The maximum Gasteiger partial charge on any atom is 0.306 e. The van der Waals surface area contributed by atoms with Gasteiger partial charge >= 0.3 is 5.97 Å². The molecule has 1 N–H and O–H groups in total. The molecule has 1 unspecified atom stereocenters. The van der Waals surface area contributed by atoms with Crippen LogP contribution in [0.2, 0.25) is 0 Å². The van der Waals surface area contributed by atoms with Gasteiger partial charge in [0, 0.05) is 11.5 Å². The topological polar surface area (TPSA) is 37.3 Å². The number of thioether (sulfide) groups is 1. The third kappa shape index (κ3) is 13.1. The van der Waals surface area contributed by atoms with Crippen LogP contribution in [0.3, 0.4) is 0 Å². The highest BCUT2D eigenvalue weighted by Gasteiger charge is 2.08. The molecule has 0 radical (unpaired) electrons. The van der Waals surface area contributed by atoms with Crippen LogP contribution in [0.5, 0.6) is 0 Å². The van der Waals surface area contributed by atoms with Gasteiger partial charge in [0.15, 0.2) is 0 Å². The van der Waals surface area contributed by atoms with E-state index in [0.717, 1.165) is 24.3 Å². The van der Waals surface area contributed by atoms with Crippen LogP contribution in [0.25, 0.3) is 0 Å². The molecule has 0 aromatic heterocycles. The Bertz CT molecular complexity index is 350. The number of carboxylic acids is 1. The van der Waals surface area contributed by atoms with Gasteiger partial charge in [-0.2, -0.15) is 11.8 Å². The Balaban J connectivity index is 3.52. The van der Waals surface area contributed by atoms with E-state index in [1.165, 1.54) is 0 Å². The average Bonchev–Trinajstić information content (AvgIpc) is 2.39. The Morgan fingerprint density at radius 2 is 2.05 bits per heavy atom. The lowest BCUT2D eigenvalue weighted by Gasteiger charge is -2.00. The van der Waals surface area contributed by atoms with Crippen molar-refractivity contribution in [1.82, 2.24) is 0 Å². The zero-order valence-corrected chi connectivity index (χ0v) is 12.7. The van der Waals surface area contributed by atoms with Gasteiger partial charge < -0.3 is 5.11 Å². The lowest BCUT2D eigenvalue weighted by molar-refractivity contribution is -0.141. The van der Waals surface area contributed by atoms with Crippen LogP contribution in [0.1, 0.15) is 33.1 Å². The number of rotatable bonds is 10. The van der Waals surface area contributed by atoms with E-state index < -0.39 is 5.97 Å². The summed E-state index contributed by atoms with van der Waals surface area (Å²) in [6.45, 7) is 3.76. The molecule has 2 nitrogen and oxygen atoms in total. The molecule has 106 valence electrons. The number of carboxylic acid groups (broad SMARTS) is 1. The molecule has 3 heteroatoms. The fourth-order valence-corrected chi connectivity index (χ4v) is 1.87. The molecule has 0 fully saturated rings. The first kappa shape index (κ1) is 17.8. The van der Waals surface area contributed by atoms with Crippen molar-refractivity contribution < 1.29 is 9.90 Å². The Kier molecular flexibility index (Phi) is 12.4. The van der Waals surface area contributed by atoms with Gasteiger partial charge in [0.1, 0.15) is 0 Å². The summed E-state index contributed by atoms with van der Waals surface area (Å²) in [4.78, 5) is 10.6. The van der Waals surface area contributed by atoms with Crippen molar-refractivity contribution in [3.63, 3.8) is 0 Å². The molecule has 0 aliphatic heterocycles. The summed E-state index contributed by atoms with van der Waals surface area (Å²) >= 11 is 1.84. The summed E-state index contributed by atoms with van der Waals surface area (Å²) < 4.78 is 0. The van der Waals surface area contributed by atoms with Crippen LogP contribution in [-0.2, 0) is 4.79 Å². The molecule has 0 spiro atoms. The van der Waals surface area contributed by atoms with Crippen LogP contribution in [0.4, 0.5) is 0 Å². The van der Waals surface area contributed by atoms with Gasteiger partial charge in [-0.15, -0.1) is 5.73 Å². The molecule has 0 heterocycles. The van der Waals surface area contributed by atoms with E-state index >= 15 is 0 Å². The van der Waals surface area contributed by atoms with Crippen LogP contribution in [0, 0.1) is 5.92 Å². The number of carbonyl (C=O) groups is 1. The molecule has 1 atom stereocenters. The Labute approximate surface area is 121 Å². The Morgan fingerprint density at radius 1 is 1.26 bits per heavy atom. The highest BCUT2D eigenvalue weighted by Crippen LogP contribution is 2.05. The van der Waals surface area contributed by atoms with Crippen LogP contribution < -0.4 is 0 Å². The molecule has 0 aromatic rings. The SMILES string of the molecule is C/C=C\C/C=C\CSCC=C=CCCC(C)C(=O)O. The smallest absolute Gasteiger partial charge is 0.306 e. The van der Waals surface area contributed by atoms with E-state index in [9.17, 15) is 4.79 Å². The molecule has 0 aromatic carbocycles. The third-order valence-electron chi connectivity index (χ3n) is 2.49. The lowest BCUT2D eigenvalue weighted by atomic mass is 10.1. The van der Waals surface area contributed by atoms with Gasteiger partial charge in [0.25, 0.3) is 0 Å². The molecule has 19 heavy (non-hydrogen) atoms. The van der Waals surface area contributed by atoms with Gasteiger partial charge in [-0.25, -0.2) is 0 Å². The summed E-state index contributed by atoms with van der Waals surface area (Å²) in [5.74, 6) is 0.970. The minimum Gasteiger partial charge on any atom is -0.481 e. The number of hydrogen-bond donors (Lipinski definition) is 1. The highest BCUT2D eigenvalue weighted by atomic mass is 32.2. The summed E-state index contributed by atoms with van der Waals surface area (Å²) in [6, 6.07) is 0. The molecular weight excluding hydrogens is 256 g/mol. The van der Waals surface area contributed by atoms with E-state index in [4.69, 9.17) is 5.11 Å². The van der Waals surface area contributed by atoms with Crippen molar-refractivity contribution >= 4 is 17.7 Å². The molecule has 0 aliphatic rings. The zero-order chi connectivity index (χ0) is 14.3. The Hall–Kier alpha value is -1.18. The number of hydrogen-bond acceptors (Lipinski definition) is 2. The van der Waals surface area contributed by atoms with Crippen molar-refractivity contribution in [2.24, 2.45) is 5.92 Å². The minimum atomic E-state index is -0.724. The quantitative estimate of drug-likeness (QED) is 0.365. The van der Waals surface area contributed by atoms with Gasteiger partial charge in [-0.1, -0.05) is 31.2 Å². The predicted octanol–water partition coefficient (Wildman–Crippen LogP) is 4.45. The summed E-state index contributed by atoms with van der Waals surface area (Å²) in [5, 5.41) is 8.70. The molecule has 0 saturated heterocycles. The van der Waals surface area contributed by atoms with Gasteiger partial charge in [0.05, 0.1) is 5.92 Å². The monoisotopic (exact) mass is 280 g/mol. The largest absolute Gasteiger partial charge is 0.481 e. The van der Waals surface area contributed by atoms with Crippen LogP contribution >= 0.6 is 11.8 Å². The highest BCUT2D eigenvalue weighted by molar-refractivity contribution is 7.99. The molecular formula is C16H24O2S. The van der Waals surface area contributed by atoms with Crippen molar-refractivity contribution in [3.8, 4) is 0 Å². The van der Waals surface area contributed by atoms with Gasteiger partial charge in [-0.05, 0) is 38.3 Å². The van der Waals surface area contributed by atoms with Crippen molar-refractivity contribution in [3.05, 3.63) is 42.2 Å². The maximum absolute atomic E-state index is 10.6. The summed E-state index contributed by atoms with van der Waals surface area (Å²) in [7, 11) is 0. The maximum atomic E-state index is 10.6. The molecule has 0 amide bonds. The second kappa shape index (κ2) is 13.3. The summed E-state index contributed by atoms with van der Waals surface area (Å²) in [5.41, 5.74) is 3.09. The van der Waals surface area contributed by atoms with Crippen molar-refractivity contribution in [2.75, 3.05) is 11.5 Å². The van der Waals surface area contributed by atoms with Gasteiger partial charge in [0.2, 0.25) is 0 Å². The predicted molar refractivity (Wildman–Crippen MR) is 84.6 cm³/mol. The third-order valence-corrected chi connectivity index (χ3v) is 3.32. The lowest BCUT2D eigenvalue weighted by Crippen LogP contribution is -2.08.